The number of hydrogen-bond acceptors (Lipinski definition) is 5. The average Bonchev–Trinajstić information content (AvgIpc) is 3.11. The third kappa shape index (κ3) is 3.05. The molecule has 7 heteroatoms. The summed E-state index contributed by atoms with van der Waals surface area (Å²) in [6.45, 7) is 5.73. The number of amides is 1. The lowest BCUT2D eigenvalue weighted by molar-refractivity contribution is -0.132. The normalized spacial score (nSPS) is 15.9. The van der Waals surface area contributed by atoms with Crippen molar-refractivity contribution in [2.45, 2.75) is 37.2 Å². The lowest BCUT2D eigenvalue weighted by Gasteiger charge is -2.31. The quantitative estimate of drug-likeness (QED) is 0.805. The Bertz CT molecular complexity index is 664. The van der Waals surface area contributed by atoms with Crippen LogP contribution in [0, 0.1) is 5.92 Å². The van der Waals surface area contributed by atoms with E-state index in [4.69, 9.17) is 0 Å². The van der Waals surface area contributed by atoms with E-state index in [-0.39, 0.29) is 17.1 Å². The van der Waals surface area contributed by atoms with Crippen molar-refractivity contribution in [3.63, 3.8) is 0 Å². The summed E-state index contributed by atoms with van der Waals surface area (Å²) < 4.78 is 1.86. The van der Waals surface area contributed by atoms with Gasteiger partial charge in [0.1, 0.15) is 6.33 Å². The number of nitrogens with zero attached hydrogens (tertiary/aromatic N) is 4. The summed E-state index contributed by atoms with van der Waals surface area (Å²) in [7, 11) is 1.91. The van der Waals surface area contributed by atoms with Crippen LogP contribution in [0.15, 0.2) is 22.9 Å². The van der Waals surface area contributed by atoms with Crippen molar-refractivity contribution in [3.8, 4) is 0 Å². The second-order valence-corrected chi connectivity index (χ2v) is 8.00. The number of aromatic nitrogens is 3. The Kier molecular flexibility index (Phi) is 4.54. The van der Waals surface area contributed by atoms with Crippen molar-refractivity contribution in [2.24, 2.45) is 13.0 Å². The molecule has 0 unspecified atom stereocenters. The first-order chi connectivity index (χ1) is 10.6. The van der Waals surface area contributed by atoms with Gasteiger partial charge in [0, 0.05) is 25.0 Å². The second kappa shape index (κ2) is 6.42. The van der Waals surface area contributed by atoms with Crippen molar-refractivity contribution >= 4 is 29.0 Å². The molecule has 1 amide bonds. The summed E-state index contributed by atoms with van der Waals surface area (Å²) >= 11 is 3.31. The van der Waals surface area contributed by atoms with Crippen LogP contribution in [0.3, 0.4) is 0 Å². The molecule has 22 heavy (non-hydrogen) atoms. The van der Waals surface area contributed by atoms with Crippen LogP contribution in [0.2, 0.25) is 0 Å². The van der Waals surface area contributed by atoms with Crippen LogP contribution in [-0.4, -0.2) is 37.4 Å². The predicted octanol–water partition coefficient (Wildman–Crippen LogP) is 2.58. The van der Waals surface area contributed by atoms with E-state index in [1.807, 2.05) is 16.5 Å². The number of fused-ring (bicyclic) bond motifs is 1. The highest BCUT2D eigenvalue weighted by Gasteiger charge is 2.31. The molecule has 118 valence electrons. The Morgan fingerprint density at radius 2 is 2.27 bits per heavy atom. The first kappa shape index (κ1) is 15.6. The Morgan fingerprint density at radius 3 is 2.95 bits per heavy atom. The molecule has 0 N–H and O–H groups in total. The Labute approximate surface area is 138 Å². The first-order valence-electron chi connectivity index (χ1n) is 7.41. The van der Waals surface area contributed by atoms with Crippen molar-refractivity contribution < 1.29 is 4.79 Å². The molecule has 0 saturated carbocycles. The lowest BCUT2D eigenvalue weighted by Crippen LogP contribution is -2.42. The minimum Gasteiger partial charge on any atom is -0.337 e. The van der Waals surface area contributed by atoms with Crippen molar-refractivity contribution in [1.29, 1.82) is 0 Å². The highest BCUT2D eigenvalue weighted by Crippen LogP contribution is 2.30. The Hall–Kier alpha value is -1.34. The maximum Gasteiger partial charge on any atom is 0.236 e. The third-order valence-corrected chi connectivity index (χ3v) is 6.47. The molecule has 1 aliphatic heterocycles. The zero-order valence-electron chi connectivity index (χ0n) is 13.0. The molecule has 5 nitrogen and oxygen atoms in total. The molecule has 0 saturated heterocycles. The SMILES string of the molecule is CC(C)[C@H](Sc1nncn1C)C(=O)N1CCc2sccc2C1. The van der Waals surface area contributed by atoms with E-state index >= 15 is 0 Å². The van der Waals surface area contributed by atoms with E-state index in [0.29, 0.717) is 0 Å². The van der Waals surface area contributed by atoms with E-state index in [1.54, 1.807) is 17.7 Å². The zero-order valence-corrected chi connectivity index (χ0v) is 14.7. The summed E-state index contributed by atoms with van der Waals surface area (Å²) in [6, 6.07) is 2.14. The van der Waals surface area contributed by atoms with Gasteiger partial charge in [-0.05, 0) is 29.3 Å². The minimum absolute atomic E-state index is 0.122. The van der Waals surface area contributed by atoms with Crippen LogP contribution < -0.4 is 0 Å². The Balaban J connectivity index is 1.75. The fourth-order valence-electron chi connectivity index (χ4n) is 2.58. The summed E-state index contributed by atoms with van der Waals surface area (Å²) in [6.07, 6.45) is 2.64. The van der Waals surface area contributed by atoms with Gasteiger partial charge < -0.3 is 9.47 Å². The molecule has 0 spiro atoms. The van der Waals surface area contributed by atoms with Gasteiger partial charge in [0.05, 0.1) is 5.25 Å². The standard InChI is InChI=1S/C15H20N4OS2/c1-10(2)13(22-15-17-16-9-18(15)3)14(20)19-6-4-12-11(8-19)5-7-21-12/h5,7,9-10,13H,4,6,8H2,1-3H3/t13-/m0/s1. The molecule has 2 aromatic heterocycles. The zero-order chi connectivity index (χ0) is 15.7. The molecule has 0 bridgehead atoms. The van der Waals surface area contributed by atoms with Gasteiger partial charge in [-0.3, -0.25) is 4.79 Å². The Morgan fingerprint density at radius 1 is 1.45 bits per heavy atom. The molecule has 0 aliphatic carbocycles. The van der Waals surface area contributed by atoms with Gasteiger partial charge >= 0.3 is 0 Å². The van der Waals surface area contributed by atoms with Gasteiger partial charge in [-0.15, -0.1) is 21.5 Å². The number of carbonyl (C=O) groups excluding carboxylic acids is 1. The summed E-state index contributed by atoms with van der Waals surface area (Å²) in [5.74, 6) is 0.456. The van der Waals surface area contributed by atoms with E-state index in [2.05, 4.69) is 35.5 Å². The van der Waals surface area contributed by atoms with Crippen LogP contribution in [0.25, 0.3) is 0 Å². The topological polar surface area (TPSA) is 51.0 Å². The number of carbonyl (C=O) groups is 1. The van der Waals surface area contributed by atoms with Gasteiger partial charge in [0.25, 0.3) is 0 Å². The molecular formula is C15H20N4OS2. The van der Waals surface area contributed by atoms with E-state index in [0.717, 1.165) is 24.7 Å². The van der Waals surface area contributed by atoms with Crippen molar-refractivity contribution in [3.05, 3.63) is 28.2 Å². The number of hydrogen-bond donors (Lipinski definition) is 0. The summed E-state index contributed by atoms with van der Waals surface area (Å²) in [5.41, 5.74) is 1.30. The molecule has 0 aromatic carbocycles. The highest BCUT2D eigenvalue weighted by atomic mass is 32.2. The van der Waals surface area contributed by atoms with Gasteiger partial charge in [-0.2, -0.15) is 0 Å². The van der Waals surface area contributed by atoms with E-state index in [9.17, 15) is 4.79 Å². The molecular weight excluding hydrogens is 316 g/mol. The van der Waals surface area contributed by atoms with Gasteiger partial charge in [-0.25, -0.2) is 0 Å². The molecule has 2 aromatic rings. The number of aryl methyl sites for hydroxylation is 1. The van der Waals surface area contributed by atoms with Crippen molar-refractivity contribution in [1.82, 2.24) is 19.7 Å². The lowest BCUT2D eigenvalue weighted by atomic mass is 10.1. The second-order valence-electron chi connectivity index (χ2n) is 5.89. The summed E-state index contributed by atoms with van der Waals surface area (Å²) in [5, 5.41) is 10.8. The fourth-order valence-corrected chi connectivity index (χ4v) is 4.53. The van der Waals surface area contributed by atoms with Crippen LogP contribution in [0.1, 0.15) is 24.3 Å². The van der Waals surface area contributed by atoms with Crippen LogP contribution in [0.4, 0.5) is 0 Å². The molecule has 3 rings (SSSR count). The number of rotatable bonds is 4. The average molecular weight is 336 g/mol. The van der Waals surface area contributed by atoms with Crippen LogP contribution >= 0.6 is 23.1 Å². The molecule has 1 aliphatic rings. The number of thiophene rings is 1. The summed E-state index contributed by atoms with van der Waals surface area (Å²) in [4.78, 5) is 16.4. The molecule has 1 atom stereocenters. The van der Waals surface area contributed by atoms with Crippen LogP contribution in [-0.2, 0) is 24.8 Å². The van der Waals surface area contributed by atoms with Gasteiger partial charge in [0.15, 0.2) is 5.16 Å². The highest BCUT2D eigenvalue weighted by molar-refractivity contribution is 8.00. The van der Waals surface area contributed by atoms with E-state index in [1.165, 1.54) is 22.2 Å². The molecule has 0 fully saturated rings. The van der Waals surface area contributed by atoms with Crippen LogP contribution in [0.5, 0.6) is 0 Å². The smallest absolute Gasteiger partial charge is 0.236 e. The number of thioether (sulfide) groups is 1. The molecule has 0 radical (unpaired) electrons. The van der Waals surface area contributed by atoms with Gasteiger partial charge in [-0.1, -0.05) is 25.6 Å². The predicted molar refractivity (Wildman–Crippen MR) is 88.9 cm³/mol. The largest absolute Gasteiger partial charge is 0.337 e. The monoisotopic (exact) mass is 336 g/mol. The minimum atomic E-state index is -0.122. The van der Waals surface area contributed by atoms with Crippen molar-refractivity contribution in [2.75, 3.05) is 6.54 Å². The maximum atomic E-state index is 13.0. The molecule has 3 heterocycles. The third-order valence-electron chi connectivity index (χ3n) is 3.87. The van der Waals surface area contributed by atoms with E-state index < -0.39 is 0 Å². The first-order valence-corrected chi connectivity index (χ1v) is 9.17. The van der Waals surface area contributed by atoms with Gasteiger partial charge in [0.2, 0.25) is 5.91 Å². The maximum absolute atomic E-state index is 13.0. The fraction of sp³-hybridized carbons (Fsp3) is 0.533.